The Hall–Kier alpha value is -1.96. The summed E-state index contributed by atoms with van der Waals surface area (Å²) in [6, 6.07) is 8.53. The van der Waals surface area contributed by atoms with Crippen LogP contribution in [0.5, 0.6) is 0 Å². The second kappa shape index (κ2) is 5.35. The molecule has 19 heavy (non-hydrogen) atoms. The molecule has 2 nitrogen and oxygen atoms in total. The van der Waals surface area contributed by atoms with Gasteiger partial charge in [-0.2, -0.15) is 0 Å². The lowest BCUT2D eigenvalue weighted by molar-refractivity contribution is 1.36. The number of anilines is 2. The fourth-order valence-corrected chi connectivity index (χ4v) is 2.28. The molecule has 2 aromatic carbocycles. The molecule has 0 aliphatic rings. The van der Waals surface area contributed by atoms with Crippen molar-refractivity contribution in [2.24, 2.45) is 0 Å². The van der Waals surface area contributed by atoms with Gasteiger partial charge >= 0.3 is 0 Å². The summed E-state index contributed by atoms with van der Waals surface area (Å²) in [6.45, 7) is 8.18. The Morgan fingerprint density at radius 3 is 1.00 bits per heavy atom. The minimum atomic E-state index is 0. The number of nitrogens with two attached hydrogens (primary N) is 2. The van der Waals surface area contributed by atoms with Crippen molar-refractivity contribution in [2.45, 2.75) is 35.1 Å². The topological polar surface area (TPSA) is 52.0 Å². The van der Waals surface area contributed by atoms with E-state index in [1.165, 1.54) is 11.1 Å². The molecule has 2 rings (SSSR count). The molecule has 0 amide bonds. The minimum absolute atomic E-state index is 0. The molecule has 4 N–H and O–H groups in total. The number of hydrogen-bond acceptors (Lipinski definition) is 2. The SMILES string of the molecule is C.Cc1cc(-c2cc(C)c(N)c(C)c2)cc(C)c1N. The molecule has 102 valence electrons. The summed E-state index contributed by atoms with van der Waals surface area (Å²) < 4.78 is 0. The van der Waals surface area contributed by atoms with Gasteiger partial charge in [0.2, 0.25) is 0 Å². The average Bonchev–Trinajstić information content (AvgIpc) is 2.31. The van der Waals surface area contributed by atoms with Crippen LogP contribution in [0, 0.1) is 27.7 Å². The highest BCUT2D eigenvalue weighted by molar-refractivity contribution is 5.73. The Morgan fingerprint density at radius 1 is 0.579 bits per heavy atom. The molecule has 2 heteroatoms. The number of rotatable bonds is 1. The monoisotopic (exact) mass is 256 g/mol. The largest absolute Gasteiger partial charge is 0.398 e. The van der Waals surface area contributed by atoms with Crippen molar-refractivity contribution in [3.8, 4) is 11.1 Å². The van der Waals surface area contributed by atoms with E-state index in [4.69, 9.17) is 11.5 Å². The molecule has 0 heterocycles. The molecule has 0 atom stereocenters. The van der Waals surface area contributed by atoms with Crippen molar-refractivity contribution >= 4 is 11.4 Å². The fraction of sp³-hybridized carbons (Fsp3) is 0.294. The van der Waals surface area contributed by atoms with Crippen LogP contribution in [0.25, 0.3) is 11.1 Å². The summed E-state index contributed by atoms with van der Waals surface area (Å²) in [5.74, 6) is 0. The maximum Gasteiger partial charge on any atom is 0.0373 e. The second-order valence-electron chi connectivity index (χ2n) is 5.05. The van der Waals surface area contributed by atoms with Gasteiger partial charge in [-0.3, -0.25) is 0 Å². The summed E-state index contributed by atoms with van der Waals surface area (Å²) in [6.07, 6.45) is 0. The first-order valence-electron chi connectivity index (χ1n) is 6.14. The van der Waals surface area contributed by atoms with Crippen LogP contribution >= 0.6 is 0 Å². The van der Waals surface area contributed by atoms with Crippen LogP contribution in [0.1, 0.15) is 29.7 Å². The predicted octanol–water partition coefficient (Wildman–Crippen LogP) is 4.39. The summed E-state index contributed by atoms with van der Waals surface area (Å²) in [7, 11) is 0. The van der Waals surface area contributed by atoms with E-state index < -0.39 is 0 Å². The lowest BCUT2D eigenvalue weighted by Crippen LogP contribution is -1.97. The molecule has 0 saturated carbocycles. The molecule has 2 aromatic rings. The maximum absolute atomic E-state index is 5.99. The third-order valence-corrected chi connectivity index (χ3v) is 3.52. The first-order chi connectivity index (χ1) is 8.40. The maximum atomic E-state index is 5.99. The summed E-state index contributed by atoms with van der Waals surface area (Å²) in [5, 5.41) is 0. The summed E-state index contributed by atoms with van der Waals surface area (Å²) >= 11 is 0. The zero-order valence-corrected chi connectivity index (χ0v) is 11.5. The quantitative estimate of drug-likeness (QED) is 0.743. The van der Waals surface area contributed by atoms with E-state index in [-0.39, 0.29) is 7.43 Å². The fourth-order valence-electron chi connectivity index (χ4n) is 2.28. The van der Waals surface area contributed by atoms with Gasteiger partial charge in [-0.1, -0.05) is 7.43 Å². The molecular formula is C17H24N2. The number of benzene rings is 2. The zero-order valence-electron chi connectivity index (χ0n) is 11.5. The molecule has 0 unspecified atom stereocenters. The Labute approximate surface area is 116 Å². The lowest BCUT2D eigenvalue weighted by atomic mass is 9.95. The van der Waals surface area contributed by atoms with E-state index in [2.05, 4.69) is 24.3 Å². The first-order valence-corrected chi connectivity index (χ1v) is 6.14. The van der Waals surface area contributed by atoms with Crippen LogP contribution in [-0.4, -0.2) is 0 Å². The molecule has 0 aliphatic heterocycles. The van der Waals surface area contributed by atoms with Gasteiger partial charge in [0, 0.05) is 11.4 Å². The normalized spacial score (nSPS) is 10.1. The van der Waals surface area contributed by atoms with E-state index in [0.717, 1.165) is 33.6 Å². The Kier molecular flexibility index (Phi) is 4.25. The lowest BCUT2D eigenvalue weighted by Gasteiger charge is -2.12. The van der Waals surface area contributed by atoms with Gasteiger partial charge < -0.3 is 11.5 Å². The smallest absolute Gasteiger partial charge is 0.0373 e. The van der Waals surface area contributed by atoms with E-state index >= 15 is 0 Å². The van der Waals surface area contributed by atoms with Crippen LogP contribution in [0.3, 0.4) is 0 Å². The van der Waals surface area contributed by atoms with Crippen LogP contribution in [-0.2, 0) is 0 Å². The Morgan fingerprint density at radius 2 is 0.789 bits per heavy atom. The summed E-state index contributed by atoms with van der Waals surface area (Å²) in [4.78, 5) is 0. The summed E-state index contributed by atoms with van der Waals surface area (Å²) in [5.41, 5.74) is 20.6. The van der Waals surface area contributed by atoms with Gasteiger partial charge in [-0.05, 0) is 85.3 Å². The minimum Gasteiger partial charge on any atom is -0.398 e. The Balaban J connectivity index is 0.00000180. The van der Waals surface area contributed by atoms with Crippen molar-refractivity contribution in [3.05, 3.63) is 46.5 Å². The van der Waals surface area contributed by atoms with Crippen LogP contribution in [0.2, 0.25) is 0 Å². The molecule has 0 aromatic heterocycles. The van der Waals surface area contributed by atoms with E-state index in [1.807, 2.05) is 27.7 Å². The van der Waals surface area contributed by atoms with Crippen molar-refractivity contribution in [1.29, 1.82) is 0 Å². The van der Waals surface area contributed by atoms with Crippen LogP contribution in [0.4, 0.5) is 11.4 Å². The highest BCUT2D eigenvalue weighted by atomic mass is 14.6. The van der Waals surface area contributed by atoms with Gasteiger partial charge in [-0.15, -0.1) is 0 Å². The predicted molar refractivity (Wildman–Crippen MR) is 86.4 cm³/mol. The molecule has 0 fully saturated rings. The van der Waals surface area contributed by atoms with Gasteiger partial charge in [0.1, 0.15) is 0 Å². The molecule has 0 radical (unpaired) electrons. The van der Waals surface area contributed by atoms with E-state index in [9.17, 15) is 0 Å². The number of nitrogen functional groups attached to an aromatic ring is 2. The third kappa shape index (κ3) is 2.73. The average molecular weight is 256 g/mol. The third-order valence-electron chi connectivity index (χ3n) is 3.52. The molecule has 0 saturated heterocycles. The Bertz CT molecular complexity index is 511. The first kappa shape index (κ1) is 15.1. The van der Waals surface area contributed by atoms with Gasteiger partial charge in [0.15, 0.2) is 0 Å². The van der Waals surface area contributed by atoms with Gasteiger partial charge in [-0.25, -0.2) is 0 Å². The van der Waals surface area contributed by atoms with E-state index in [1.54, 1.807) is 0 Å². The standard InChI is InChI=1S/C16H20N2.CH4/c1-9-5-13(6-10(2)15(9)17)14-7-11(3)16(18)12(4)8-14;/h5-8H,17-18H2,1-4H3;1H4. The van der Waals surface area contributed by atoms with Crippen molar-refractivity contribution in [2.75, 3.05) is 11.5 Å². The van der Waals surface area contributed by atoms with Crippen molar-refractivity contribution in [1.82, 2.24) is 0 Å². The van der Waals surface area contributed by atoms with Gasteiger partial charge in [0.25, 0.3) is 0 Å². The zero-order chi connectivity index (χ0) is 13.4. The molecule has 0 aliphatic carbocycles. The molecule has 0 spiro atoms. The van der Waals surface area contributed by atoms with Gasteiger partial charge in [0.05, 0.1) is 0 Å². The number of aryl methyl sites for hydroxylation is 4. The highest BCUT2D eigenvalue weighted by Crippen LogP contribution is 2.30. The van der Waals surface area contributed by atoms with Crippen molar-refractivity contribution < 1.29 is 0 Å². The van der Waals surface area contributed by atoms with E-state index in [0.29, 0.717) is 0 Å². The van der Waals surface area contributed by atoms with Crippen molar-refractivity contribution in [3.63, 3.8) is 0 Å². The second-order valence-corrected chi connectivity index (χ2v) is 5.05. The molecule has 0 bridgehead atoms. The number of hydrogen-bond donors (Lipinski definition) is 2. The van der Waals surface area contributed by atoms with Crippen LogP contribution < -0.4 is 11.5 Å². The van der Waals surface area contributed by atoms with Crippen LogP contribution in [0.15, 0.2) is 24.3 Å². The highest BCUT2D eigenvalue weighted by Gasteiger charge is 2.07. The molecular weight excluding hydrogens is 232 g/mol.